The van der Waals surface area contributed by atoms with E-state index in [2.05, 4.69) is 33.0 Å². The van der Waals surface area contributed by atoms with E-state index in [1.54, 1.807) is 0 Å². The maximum absolute atomic E-state index is 6.08. The lowest BCUT2D eigenvalue weighted by atomic mass is 10.0. The second-order valence-electron chi connectivity index (χ2n) is 5.28. The van der Waals surface area contributed by atoms with Gasteiger partial charge in [0.15, 0.2) is 11.5 Å². The third-order valence-corrected chi connectivity index (χ3v) is 5.56. The number of hydrogen-bond acceptors (Lipinski definition) is 5. The van der Waals surface area contributed by atoms with Gasteiger partial charge in [0, 0.05) is 24.9 Å². The molecule has 6 heteroatoms. The molecule has 0 amide bonds. The molecule has 2 aliphatic heterocycles. The molecule has 0 aliphatic carbocycles. The molecule has 1 aromatic rings. The first kappa shape index (κ1) is 15.5. The summed E-state index contributed by atoms with van der Waals surface area (Å²) in [5.41, 5.74) is 7.29. The molecule has 1 fully saturated rings. The summed E-state index contributed by atoms with van der Waals surface area (Å²) in [5, 5.41) is 0. The van der Waals surface area contributed by atoms with Crippen molar-refractivity contribution in [3.63, 3.8) is 0 Å². The van der Waals surface area contributed by atoms with Crippen LogP contribution in [0.1, 0.15) is 18.0 Å². The van der Waals surface area contributed by atoms with Gasteiger partial charge in [0.05, 0.1) is 4.47 Å². The maximum atomic E-state index is 6.08. The van der Waals surface area contributed by atoms with Gasteiger partial charge in [-0.15, -0.1) is 0 Å². The van der Waals surface area contributed by atoms with E-state index in [4.69, 9.17) is 15.2 Å². The maximum Gasteiger partial charge on any atom is 0.175 e. The van der Waals surface area contributed by atoms with Crippen LogP contribution in [0.15, 0.2) is 16.6 Å². The summed E-state index contributed by atoms with van der Waals surface area (Å²) in [6.07, 6.45) is 1.23. The zero-order chi connectivity index (χ0) is 14.7. The van der Waals surface area contributed by atoms with Crippen molar-refractivity contribution in [3.05, 3.63) is 22.2 Å². The molecule has 2 aliphatic rings. The largest absolute Gasteiger partial charge is 0.486 e. The second kappa shape index (κ2) is 7.22. The summed E-state index contributed by atoms with van der Waals surface area (Å²) in [4.78, 5) is 2.50. The number of fused-ring (bicyclic) bond motifs is 1. The molecule has 116 valence electrons. The normalized spacial score (nSPS) is 20.9. The minimum atomic E-state index is 0.246. The molecule has 4 nitrogen and oxygen atoms in total. The Kier molecular flexibility index (Phi) is 5.32. The Morgan fingerprint density at radius 3 is 2.95 bits per heavy atom. The van der Waals surface area contributed by atoms with Crippen molar-refractivity contribution in [3.8, 4) is 11.5 Å². The fourth-order valence-electron chi connectivity index (χ4n) is 2.90. The lowest BCUT2D eigenvalue weighted by molar-refractivity contribution is 0.168. The van der Waals surface area contributed by atoms with Gasteiger partial charge < -0.3 is 15.2 Å². The molecule has 21 heavy (non-hydrogen) atoms. The van der Waals surface area contributed by atoms with Gasteiger partial charge in [-0.05, 0) is 52.3 Å². The van der Waals surface area contributed by atoms with E-state index >= 15 is 0 Å². The highest BCUT2D eigenvalue weighted by Crippen LogP contribution is 2.40. The first-order valence-corrected chi connectivity index (χ1v) is 9.35. The standard InChI is InChI=1S/C15H21BrN2O2S/c16-12-8-11(9-14-15(12)20-5-4-19-14)13(10-17)18-2-1-6-21-7-3-18/h8-9,13H,1-7,10,17H2. The number of hydrogen-bond donors (Lipinski definition) is 1. The summed E-state index contributed by atoms with van der Waals surface area (Å²) in [5.74, 6) is 4.07. The zero-order valence-electron chi connectivity index (χ0n) is 12.0. The number of rotatable bonds is 3. The molecular weight excluding hydrogens is 352 g/mol. The van der Waals surface area contributed by atoms with Crippen LogP contribution in [0.5, 0.6) is 11.5 Å². The lowest BCUT2D eigenvalue weighted by Crippen LogP contribution is -2.35. The van der Waals surface area contributed by atoms with Crippen LogP contribution in [0, 0.1) is 0 Å². The van der Waals surface area contributed by atoms with Crippen LogP contribution in [0.2, 0.25) is 0 Å². The number of nitrogens with two attached hydrogens (primary N) is 1. The van der Waals surface area contributed by atoms with Crippen LogP contribution in [-0.4, -0.2) is 49.3 Å². The minimum absolute atomic E-state index is 0.246. The molecular formula is C15H21BrN2O2S. The highest BCUT2D eigenvalue weighted by molar-refractivity contribution is 9.10. The highest BCUT2D eigenvalue weighted by atomic mass is 79.9. The Morgan fingerprint density at radius 1 is 1.24 bits per heavy atom. The summed E-state index contributed by atoms with van der Waals surface area (Å²) in [6, 6.07) is 4.47. The molecule has 0 aromatic heterocycles. The van der Waals surface area contributed by atoms with Crippen molar-refractivity contribution in [1.82, 2.24) is 4.90 Å². The highest BCUT2D eigenvalue weighted by Gasteiger charge is 2.24. The van der Waals surface area contributed by atoms with E-state index in [9.17, 15) is 0 Å². The van der Waals surface area contributed by atoms with E-state index in [0.717, 1.165) is 29.1 Å². The molecule has 0 bridgehead atoms. The van der Waals surface area contributed by atoms with Crippen molar-refractivity contribution in [2.45, 2.75) is 12.5 Å². The van der Waals surface area contributed by atoms with Crippen molar-refractivity contribution in [1.29, 1.82) is 0 Å². The first-order valence-electron chi connectivity index (χ1n) is 7.40. The van der Waals surface area contributed by atoms with Crippen molar-refractivity contribution < 1.29 is 9.47 Å². The van der Waals surface area contributed by atoms with Crippen LogP contribution >= 0.6 is 27.7 Å². The Hall–Kier alpha value is -0.430. The monoisotopic (exact) mass is 372 g/mol. The number of halogens is 1. The summed E-state index contributed by atoms with van der Waals surface area (Å²) < 4.78 is 12.4. The van der Waals surface area contributed by atoms with Gasteiger partial charge in [0.1, 0.15) is 13.2 Å². The summed E-state index contributed by atoms with van der Waals surface area (Å²) in [7, 11) is 0. The number of ether oxygens (including phenoxy) is 2. The Labute approximate surface area is 138 Å². The molecule has 2 heterocycles. The predicted molar refractivity (Wildman–Crippen MR) is 90.4 cm³/mol. The lowest BCUT2D eigenvalue weighted by Gasteiger charge is -2.31. The minimum Gasteiger partial charge on any atom is -0.486 e. The van der Waals surface area contributed by atoms with Crippen LogP contribution in [-0.2, 0) is 0 Å². The molecule has 1 aromatic carbocycles. The van der Waals surface area contributed by atoms with Crippen molar-refractivity contribution in [2.75, 3.05) is 44.4 Å². The molecule has 1 saturated heterocycles. The fraction of sp³-hybridized carbons (Fsp3) is 0.600. The average Bonchev–Trinajstić information content (AvgIpc) is 2.77. The number of benzene rings is 1. The molecule has 0 saturated carbocycles. The fourth-order valence-corrected chi connectivity index (χ4v) is 4.37. The number of thioether (sulfide) groups is 1. The third-order valence-electron chi connectivity index (χ3n) is 3.92. The number of nitrogens with zero attached hydrogens (tertiary/aromatic N) is 1. The SMILES string of the molecule is NCC(c1cc(Br)c2c(c1)OCCO2)N1CCCSCC1. The topological polar surface area (TPSA) is 47.7 Å². The molecule has 1 atom stereocenters. The molecule has 3 rings (SSSR count). The Morgan fingerprint density at radius 2 is 2.10 bits per heavy atom. The van der Waals surface area contributed by atoms with E-state index in [1.807, 2.05) is 11.8 Å². The second-order valence-corrected chi connectivity index (χ2v) is 7.36. The van der Waals surface area contributed by atoms with Crippen molar-refractivity contribution in [2.24, 2.45) is 5.73 Å². The molecule has 0 radical (unpaired) electrons. The van der Waals surface area contributed by atoms with E-state index < -0.39 is 0 Å². The van der Waals surface area contributed by atoms with E-state index in [-0.39, 0.29) is 6.04 Å². The van der Waals surface area contributed by atoms with Gasteiger partial charge in [-0.3, -0.25) is 4.90 Å². The van der Waals surface area contributed by atoms with Crippen molar-refractivity contribution >= 4 is 27.7 Å². The summed E-state index contributed by atoms with van der Waals surface area (Å²) in [6.45, 7) is 4.04. The van der Waals surface area contributed by atoms with Crippen LogP contribution in [0.25, 0.3) is 0 Å². The van der Waals surface area contributed by atoms with Crippen LogP contribution in [0.3, 0.4) is 0 Å². The zero-order valence-corrected chi connectivity index (χ0v) is 14.4. The van der Waals surface area contributed by atoms with Gasteiger partial charge in [0.25, 0.3) is 0 Å². The molecule has 1 unspecified atom stereocenters. The van der Waals surface area contributed by atoms with E-state index in [1.165, 1.54) is 23.5 Å². The first-order chi connectivity index (χ1) is 10.3. The van der Waals surface area contributed by atoms with E-state index in [0.29, 0.717) is 19.8 Å². The molecule has 2 N–H and O–H groups in total. The smallest absolute Gasteiger partial charge is 0.175 e. The predicted octanol–water partition coefficient (Wildman–Crippen LogP) is 2.66. The Bertz CT molecular complexity index is 493. The van der Waals surface area contributed by atoms with Crippen LogP contribution in [0.4, 0.5) is 0 Å². The Balaban J connectivity index is 1.87. The average molecular weight is 373 g/mol. The van der Waals surface area contributed by atoms with Gasteiger partial charge >= 0.3 is 0 Å². The van der Waals surface area contributed by atoms with Crippen LogP contribution < -0.4 is 15.2 Å². The van der Waals surface area contributed by atoms with Gasteiger partial charge in [-0.25, -0.2) is 0 Å². The summed E-state index contributed by atoms with van der Waals surface area (Å²) >= 11 is 5.63. The third kappa shape index (κ3) is 3.50. The van der Waals surface area contributed by atoms with Gasteiger partial charge in [0.2, 0.25) is 0 Å². The van der Waals surface area contributed by atoms with Gasteiger partial charge in [-0.2, -0.15) is 11.8 Å². The molecule has 0 spiro atoms. The van der Waals surface area contributed by atoms with Gasteiger partial charge in [-0.1, -0.05) is 0 Å². The quantitative estimate of drug-likeness (QED) is 0.883.